The Morgan fingerprint density at radius 3 is 3.11 bits per heavy atom. The van der Waals surface area contributed by atoms with Gasteiger partial charge in [0, 0.05) is 26.1 Å². The monoisotopic (exact) mass is 283 g/mol. The minimum absolute atomic E-state index is 0.0383. The number of rotatable bonds is 5. The van der Waals surface area contributed by atoms with Crippen molar-refractivity contribution in [2.24, 2.45) is 7.05 Å². The van der Waals surface area contributed by atoms with Crippen LogP contribution in [-0.2, 0) is 11.8 Å². The minimum Gasteiger partial charge on any atom is -0.356 e. The summed E-state index contributed by atoms with van der Waals surface area (Å²) in [5.41, 5.74) is 0. The number of carbonyl (C=O) groups is 1. The average Bonchev–Trinajstić information content (AvgIpc) is 2.79. The molecule has 7 heteroatoms. The maximum absolute atomic E-state index is 11.4. The maximum atomic E-state index is 11.4. The molecule has 0 aliphatic carbocycles. The lowest BCUT2D eigenvalue weighted by Gasteiger charge is -2.21. The second-order valence-corrected chi connectivity index (χ2v) is 5.63. The van der Waals surface area contributed by atoms with E-state index >= 15 is 0 Å². The van der Waals surface area contributed by atoms with Crippen LogP contribution in [0.25, 0.3) is 0 Å². The van der Waals surface area contributed by atoms with E-state index in [1.165, 1.54) is 18.2 Å². The maximum Gasteiger partial charge on any atom is 0.230 e. The fourth-order valence-corrected chi connectivity index (χ4v) is 3.01. The van der Waals surface area contributed by atoms with Gasteiger partial charge in [-0.05, 0) is 26.3 Å². The predicted molar refractivity (Wildman–Crippen MR) is 75.3 cm³/mol. The molecule has 6 nitrogen and oxygen atoms in total. The Hall–Kier alpha value is -1.08. The van der Waals surface area contributed by atoms with Crippen LogP contribution in [0.3, 0.4) is 0 Å². The first-order valence-corrected chi connectivity index (χ1v) is 7.70. The van der Waals surface area contributed by atoms with Crippen molar-refractivity contribution < 1.29 is 4.79 Å². The van der Waals surface area contributed by atoms with Crippen LogP contribution in [-0.4, -0.2) is 46.1 Å². The van der Waals surface area contributed by atoms with E-state index < -0.39 is 0 Å². The number of nitrogens with one attached hydrogen (secondary N) is 2. The highest BCUT2D eigenvalue weighted by molar-refractivity contribution is 7.99. The number of piperidine rings is 1. The molecule has 0 bridgehead atoms. The number of hydrogen-bond donors (Lipinski definition) is 2. The molecule has 106 valence electrons. The lowest BCUT2D eigenvalue weighted by Crippen LogP contribution is -2.29. The fourth-order valence-electron chi connectivity index (χ4n) is 2.26. The van der Waals surface area contributed by atoms with Crippen molar-refractivity contribution in [1.82, 2.24) is 25.4 Å². The van der Waals surface area contributed by atoms with E-state index in [9.17, 15) is 4.79 Å². The van der Waals surface area contributed by atoms with Crippen molar-refractivity contribution in [1.29, 1.82) is 0 Å². The SMILES string of the molecule is CCNC(=O)CSc1nnc([C@H]2CCCNC2)n1C. The van der Waals surface area contributed by atoms with Crippen LogP contribution >= 0.6 is 11.8 Å². The highest BCUT2D eigenvalue weighted by atomic mass is 32.2. The zero-order valence-electron chi connectivity index (χ0n) is 11.5. The molecular formula is C12H21N5OS. The third kappa shape index (κ3) is 3.70. The summed E-state index contributed by atoms with van der Waals surface area (Å²) in [4.78, 5) is 11.4. The van der Waals surface area contributed by atoms with Gasteiger partial charge in [0.1, 0.15) is 5.82 Å². The minimum atomic E-state index is 0.0383. The van der Waals surface area contributed by atoms with E-state index in [0.29, 0.717) is 18.2 Å². The van der Waals surface area contributed by atoms with Gasteiger partial charge in [-0.3, -0.25) is 4.79 Å². The molecule has 1 aromatic heterocycles. The van der Waals surface area contributed by atoms with E-state index in [0.717, 1.165) is 30.5 Å². The van der Waals surface area contributed by atoms with Crippen molar-refractivity contribution in [3.05, 3.63) is 5.82 Å². The molecule has 1 fully saturated rings. The summed E-state index contributed by atoms with van der Waals surface area (Å²) in [5, 5.41) is 15.4. The van der Waals surface area contributed by atoms with Crippen LogP contribution in [0.1, 0.15) is 31.5 Å². The van der Waals surface area contributed by atoms with Gasteiger partial charge in [0.2, 0.25) is 5.91 Å². The highest BCUT2D eigenvalue weighted by Crippen LogP contribution is 2.24. The highest BCUT2D eigenvalue weighted by Gasteiger charge is 2.21. The lowest BCUT2D eigenvalue weighted by molar-refractivity contribution is -0.118. The zero-order valence-corrected chi connectivity index (χ0v) is 12.3. The van der Waals surface area contributed by atoms with E-state index in [2.05, 4.69) is 20.8 Å². The van der Waals surface area contributed by atoms with Gasteiger partial charge in [0.15, 0.2) is 5.16 Å². The van der Waals surface area contributed by atoms with Crippen molar-refractivity contribution in [2.45, 2.75) is 30.8 Å². The molecule has 1 aromatic rings. The first-order chi connectivity index (χ1) is 9.22. The Balaban J connectivity index is 1.95. The number of carbonyl (C=O) groups excluding carboxylic acids is 1. The predicted octanol–water partition coefficient (Wildman–Crippen LogP) is 0.510. The van der Waals surface area contributed by atoms with Gasteiger partial charge in [0.05, 0.1) is 5.75 Å². The van der Waals surface area contributed by atoms with Crippen molar-refractivity contribution >= 4 is 17.7 Å². The molecule has 0 spiro atoms. The topological polar surface area (TPSA) is 71.8 Å². The molecular weight excluding hydrogens is 262 g/mol. The molecule has 1 aliphatic rings. The largest absolute Gasteiger partial charge is 0.356 e. The molecule has 0 unspecified atom stereocenters. The number of nitrogens with zero attached hydrogens (tertiary/aromatic N) is 3. The summed E-state index contributed by atoms with van der Waals surface area (Å²) >= 11 is 1.44. The Labute approximate surface area is 117 Å². The molecule has 1 atom stereocenters. The number of thioether (sulfide) groups is 1. The fraction of sp³-hybridized carbons (Fsp3) is 0.750. The summed E-state index contributed by atoms with van der Waals surface area (Å²) < 4.78 is 2.02. The first kappa shape index (κ1) is 14.3. The van der Waals surface area contributed by atoms with Gasteiger partial charge in [0.25, 0.3) is 0 Å². The summed E-state index contributed by atoms with van der Waals surface area (Å²) in [5.74, 6) is 1.88. The Kier molecular flexibility index (Phi) is 5.21. The molecule has 0 radical (unpaired) electrons. The normalized spacial score (nSPS) is 19.4. The van der Waals surface area contributed by atoms with Crippen LogP contribution in [0.4, 0.5) is 0 Å². The van der Waals surface area contributed by atoms with Crippen molar-refractivity contribution in [3.8, 4) is 0 Å². The Morgan fingerprint density at radius 1 is 1.58 bits per heavy atom. The third-order valence-corrected chi connectivity index (χ3v) is 4.26. The molecule has 2 N–H and O–H groups in total. The van der Waals surface area contributed by atoms with Crippen LogP contribution in [0.2, 0.25) is 0 Å². The van der Waals surface area contributed by atoms with Gasteiger partial charge in [-0.15, -0.1) is 10.2 Å². The summed E-state index contributed by atoms with van der Waals surface area (Å²) in [6.07, 6.45) is 2.33. The number of aromatic nitrogens is 3. The first-order valence-electron chi connectivity index (χ1n) is 6.72. The Morgan fingerprint density at radius 2 is 2.42 bits per heavy atom. The lowest BCUT2D eigenvalue weighted by atomic mass is 9.99. The second-order valence-electron chi connectivity index (χ2n) is 4.69. The smallest absolute Gasteiger partial charge is 0.230 e. The average molecular weight is 283 g/mol. The Bertz CT molecular complexity index is 428. The van der Waals surface area contributed by atoms with E-state index in [-0.39, 0.29) is 5.91 Å². The quantitative estimate of drug-likeness (QED) is 0.771. The van der Waals surface area contributed by atoms with Crippen LogP contribution in [0.15, 0.2) is 5.16 Å². The molecule has 1 amide bonds. The van der Waals surface area contributed by atoms with E-state index in [4.69, 9.17) is 0 Å². The van der Waals surface area contributed by atoms with Crippen molar-refractivity contribution in [3.63, 3.8) is 0 Å². The summed E-state index contributed by atoms with van der Waals surface area (Å²) in [6.45, 7) is 4.64. The van der Waals surface area contributed by atoms with Crippen LogP contribution in [0.5, 0.6) is 0 Å². The molecule has 1 aliphatic heterocycles. The second kappa shape index (κ2) is 6.91. The number of hydrogen-bond acceptors (Lipinski definition) is 5. The molecule has 2 heterocycles. The van der Waals surface area contributed by atoms with Crippen LogP contribution < -0.4 is 10.6 Å². The van der Waals surface area contributed by atoms with E-state index in [1.54, 1.807) is 0 Å². The molecule has 2 rings (SSSR count). The molecule has 0 saturated carbocycles. The van der Waals surface area contributed by atoms with Gasteiger partial charge in [-0.2, -0.15) is 0 Å². The zero-order chi connectivity index (χ0) is 13.7. The summed E-state index contributed by atoms with van der Waals surface area (Å²) in [6, 6.07) is 0. The van der Waals surface area contributed by atoms with Gasteiger partial charge < -0.3 is 15.2 Å². The molecule has 1 saturated heterocycles. The van der Waals surface area contributed by atoms with Gasteiger partial charge in [-0.1, -0.05) is 11.8 Å². The summed E-state index contributed by atoms with van der Waals surface area (Å²) in [7, 11) is 1.98. The van der Waals surface area contributed by atoms with Crippen LogP contribution in [0, 0.1) is 0 Å². The van der Waals surface area contributed by atoms with Crippen molar-refractivity contribution in [2.75, 3.05) is 25.4 Å². The molecule has 0 aromatic carbocycles. The van der Waals surface area contributed by atoms with E-state index in [1.807, 2.05) is 18.5 Å². The standard InChI is InChI=1S/C12H21N5OS/c1-3-14-10(18)8-19-12-16-15-11(17(12)2)9-5-4-6-13-7-9/h9,13H,3-8H2,1-2H3,(H,14,18)/t9-/m0/s1. The third-order valence-electron chi connectivity index (χ3n) is 3.24. The van der Waals surface area contributed by atoms with Gasteiger partial charge in [-0.25, -0.2) is 0 Å². The molecule has 19 heavy (non-hydrogen) atoms. The number of amides is 1. The van der Waals surface area contributed by atoms with Gasteiger partial charge >= 0.3 is 0 Å².